The molecule has 0 aliphatic carbocycles. The van der Waals surface area contributed by atoms with E-state index in [4.69, 9.17) is 0 Å². The molecule has 16 heavy (non-hydrogen) atoms. The second kappa shape index (κ2) is 2.95. The van der Waals surface area contributed by atoms with Gasteiger partial charge in [0, 0.05) is 22.5 Å². The summed E-state index contributed by atoms with van der Waals surface area (Å²) in [4.78, 5) is 17.0. The van der Waals surface area contributed by atoms with Crippen LogP contribution < -0.4 is 5.56 Å². The Labute approximate surface area is 89.9 Å². The maximum atomic E-state index is 13.5. The van der Waals surface area contributed by atoms with Gasteiger partial charge >= 0.3 is 0 Å². The highest BCUT2D eigenvalue weighted by Gasteiger charge is 2.09. The number of hydrogen-bond donors (Lipinski definition) is 2. The van der Waals surface area contributed by atoms with Crippen molar-refractivity contribution in [2.45, 2.75) is 6.92 Å². The van der Waals surface area contributed by atoms with Crippen molar-refractivity contribution >= 4 is 21.8 Å². The molecule has 4 heteroatoms. The average Bonchev–Trinajstić information content (AvgIpc) is 2.59. The molecule has 0 spiro atoms. The van der Waals surface area contributed by atoms with E-state index in [0.29, 0.717) is 5.52 Å². The molecule has 1 aromatic carbocycles. The molecule has 0 aliphatic heterocycles. The number of benzene rings is 1. The summed E-state index contributed by atoms with van der Waals surface area (Å²) in [6.45, 7) is 1.79. The SMILES string of the molecule is Cc1[nH]c(=O)cc2c1[nH]c1c(F)cccc12. The smallest absolute Gasteiger partial charge is 0.248 e. The van der Waals surface area contributed by atoms with Gasteiger partial charge in [0.15, 0.2) is 0 Å². The van der Waals surface area contributed by atoms with E-state index < -0.39 is 0 Å². The maximum absolute atomic E-state index is 13.5. The lowest BCUT2D eigenvalue weighted by molar-refractivity contribution is 0.637. The highest BCUT2D eigenvalue weighted by molar-refractivity contribution is 6.07. The fourth-order valence-corrected chi connectivity index (χ4v) is 2.06. The summed E-state index contributed by atoms with van der Waals surface area (Å²) in [6.07, 6.45) is 0. The van der Waals surface area contributed by atoms with Crippen molar-refractivity contribution in [1.29, 1.82) is 0 Å². The first-order chi connectivity index (χ1) is 7.66. The number of nitrogens with one attached hydrogen (secondary N) is 2. The predicted molar refractivity (Wildman–Crippen MR) is 61.1 cm³/mol. The van der Waals surface area contributed by atoms with Crippen LogP contribution in [-0.4, -0.2) is 9.97 Å². The summed E-state index contributed by atoms with van der Waals surface area (Å²) >= 11 is 0. The number of aryl methyl sites for hydroxylation is 1. The molecular formula is C12H9FN2O. The largest absolute Gasteiger partial charge is 0.351 e. The average molecular weight is 216 g/mol. The van der Waals surface area contributed by atoms with Crippen LogP contribution in [0.25, 0.3) is 21.8 Å². The van der Waals surface area contributed by atoms with Gasteiger partial charge in [-0.1, -0.05) is 12.1 Å². The fraction of sp³-hybridized carbons (Fsp3) is 0.0833. The number of rotatable bonds is 0. The van der Waals surface area contributed by atoms with Crippen LogP contribution in [0.4, 0.5) is 4.39 Å². The van der Waals surface area contributed by atoms with Gasteiger partial charge < -0.3 is 9.97 Å². The molecular weight excluding hydrogens is 207 g/mol. The van der Waals surface area contributed by atoms with Gasteiger partial charge in [0.25, 0.3) is 0 Å². The van der Waals surface area contributed by atoms with Crippen LogP contribution in [-0.2, 0) is 0 Å². The van der Waals surface area contributed by atoms with E-state index in [1.165, 1.54) is 12.1 Å². The molecule has 0 radical (unpaired) electrons. The molecule has 0 atom stereocenters. The molecule has 0 saturated heterocycles. The molecule has 0 aliphatic rings. The van der Waals surface area contributed by atoms with Crippen LogP contribution in [0.3, 0.4) is 0 Å². The second-order valence-electron chi connectivity index (χ2n) is 3.83. The highest BCUT2D eigenvalue weighted by atomic mass is 19.1. The summed E-state index contributed by atoms with van der Waals surface area (Å²) in [5.74, 6) is -0.305. The minimum absolute atomic E-state index is 0.171. The second-order valence-corrected chi connectivity index (χ2v) is 3.83. The van der Waals surface area contributed by atoms with E-state index in [1.54, 1.807) is 19.1 Å². The Morgan fingerprint density at radius 3 is 2.75 bits per heavy atom. The molecule has 2 heterocycles. The van der Waals surface area contributed by atoms with Gasteiger partial charge in [-0.2, -0.15) is 0 Å². The lowest BCUT2D eigenvalue weighted by Crippen LogP contribution is -2.04. The monoisotopic (exact) mass is 216 g/mol. The van der Waals surface area contributed by atoms with Crippen LogP contribution in [0.5, 0.6) is 0 Å². The van der Waals surface area contributed by atoms with Crippen molar-refractivity contribution in [3.63, 3.8) is 0 Å². The zero-order valence-corrected chi connectivity index (χ0v) is 8.60. The van der Waals surface area contributed by atoms with Crippen LogP contribution in [0.2, 0.25) is 0 Å². The van der Waals surface area contributed by atoms with Gasteiger partial charge in [-0.25, -0.2) is 4.39 Å². The zero-order chi connectivity index (χ0) is 11.3. The number of para-hydroxylation sites is 1. The van der Waals surface area contributed by atoms with Crippen molar-refractivity contribution in [2.75, 3.05) is 0 Å². The Morgan fingerprint density at radius 2 is 1.94 bits per heavy atom. The van der Waals surface area contributed by atoms with Crippen LogP contribution in [0.1, 0.15) is 5.69 Å². The van der Waals surface area contributed by atoms with Crippen molar-refractivity contribution in [2.24, 2.45) is 0 Å². The first kappa shape index (κ1) is 9.15. The molecule has 3 nitrogen and oxygen atoms in total. The first-order valence-corrected chi connectivity index (χ1v) is 4.96. The van der Waals surface area contributed by atoms with Gasteiger partial charge in [-0.15, -0.1) is 0 Å². The zero-order valence-electron chi connectivity index (χ0n) is 8.60. The van der Waals surface area contributed by atoms with Crippen LogP contribution in [0.15, 0.2) is 29.1 Å². The number of halogens is 1. The Bertz CT molecular complexity index is 755. The van der Waals surface area contributed by atoms with E-state index in [-0.39, 0.29) is 11.4 Å². The fourth-order valence-electron chi connectivity index (χ4n) is 2.06. The molecule has 2 N–H and O–H groups in total. The molecule has 0 saturated carbocycles. The summed E-state index contributed by atoms with van der Waals surface area (Å²) < 4.78 is 13.5. The first-order valence-electron chi connectivity index (χ1n) is 4.96. The van der Waals surface area contributed by atoms with Crippen LogP contribution in [0, 0.1) is 12.7 Å². The predicted octanol–water partition coefficient (Wildman–Crippen LogP) is 2.46. The number of fused-ring (bicyclic) bond motifs is 3. The maximum Gasteiger partial charge on any atom is 0.248 e. The number of hydrogen-bond acceptors (Lipinski definition) is 1. The van der Waals surface area contributed by atoms with Gasteiger partial charge in [-0.05, 0) is 13.0 Å². The quantitative estimate of drug-likeness (QED) is 0.595. The molecule has 2 aromatic heterocycles. The normalized spacial score (nSPS) is 11.4. The van der Waals surface area contributed by atoms with Gasteiger partial charge in [-0.3, -0.25) is 4.79 Å². The Kier molecular flexibility index (Phi) is 1.68. The summed E-state index contributed by atoms with van der Waals surface area (Å²) in [6, 6.07) is 6.33. The highest BCUT2D eigenvalue weighted by Crippen LogP contribution is 2.26. The lowest BCUT2D eigenvalue weighted by Gasteiger charge is -1.94. The summed E-state index contributed by atoms with van der Waals surface area (Å²) in [7, 11) is 0. The molecule has 0 fully saturated rings. The van der Waals surface area contributed by atoms with Crippen molar-refractivity contribution in [3.8, 4) is 0 Å². The van der Waals surface area contributed by atoms with Gasteiger partial charge in [0.05, 0.1) is 11.0 Å². The standard InChI is InChI=1S/C12H9FN2O/c1-6-11-8(5-10(16)14-6)7-3-2-4-9(13)12(7)15-11/h2-5,15H,1H3,(H,14,16). The summed E-state index contributed by atoms with van der Waals surface area (Å²) in [5, 5.41) is 1.50. The van der Waals surface area contributed by atoms with E-state index in [1.807, 2.05) is 0 Å². The number of H-pyrrole nitrogens is 2. The van der Waals surface area contributed by atoms with E-state index in [9.17, 15) is 9.18 Å². The molecule has 0 amide bonds. The van der Waals surface area contributed by atoms with Gasteiger partial charge in [0.2, 0.25) is 5.56 Å². The minimum atomic E-state index is -0.305. The van der Waals surface area contributed by atoms with E-state index in [2.05, 4.69) is 9.97 Å². The molecule has 3 rings (SSSR count). The third-order valence-electron chi connectivity index (χ3n) is 2.78. The topological polar surface area (TPSA) is 48.6 Å². The van der Waals surface area contributed by atoms with Gasteiger partial charge in [0.1, 0.15) is 5.82 Å². The van der Waals surface area contributed by atoms with Crippen molar-refractivity contribution < 1.29 is 4.39 Å². The number of aromatic nitrogens is 2. The van der Waals surface area contributed by atoms with E-state index in [0.717, 1.165) is 22.0 Å². The van der Waals surface area contributed by atoms with Crippen LogP contribution >= 0.6 is 0 Å². The Balaban J connectivity index is 2.66. The molecule has 3 aromatic rings. The lowest BCUT2D eigenvalue weighted by atomic mass is 10.1. The molecule has 0 unspecified atom stereocenters. The minimum Gasteiger partial charge on any atom is -0.351 e. The number of pyridine rings is 1. The van der Waals surface area contributed by atoms with Crippen molar-refractivity contribution in [3.05, 3.63) is 46.1 Å². The summed E-state index contributed by atoms with van der Waals surface area (Å²) in [5.41, 5.74) is 1.77. The Morgan fingerprint density at radius 1 is 1.12 bits per heavy atom. The molecule has 80 valence electrons. The third-order valence-corrected chi connectivity index (χ3v) is 2.78. The van der Waals surface area contributed by atoms with Crippen molar-refractivity contribution in [1.82, 2.24) is 9.97 Å². The third kappa shape index (κ3) is 1.10. The Hall–Kier alpha value is -2.10. The molecule has 0 bridgehead atoms. The number of aromatic amines is 2. The van der Waals surface area contributed by atoms with E-state index >= 15 is 0 Å².